The van der Waals surface area contributed by atoms with Crippen molar-refractivity contribution in [1.29, 1.82) is 0 Å². The lowest BCUT2D eigenvalue weighted by Crippen LogP contribution is -2.30. The Labute approximate surface area is 165 Å². The molecule has 2 aromatic carbocycles. The molecule has 0 amide bonds. The van der Waals surface area contributed by atoms with E-state index in [1.807, 2.05) is 12.1 Å². The molecule has 0 aromatic heterocycles. The average Bonchev–Trinajstić information content (AvgIpc) is 2.57. The van der Waals surface area contributed by atoms with E-state index in [4.69, 9.17) is 23.8 Å². The first-order valence-corrected chi connectivity index (χ1v) is 9.75. The lowest BCUT2D eigenvalue weighted by Gasteiger charge is -2.14. The van der Waals surface area contributed by atoms with Crippen LogP contribution in [0, 0.1) is 6.92 Å². The Balaban J connectivity index is 1.76. The second-order valence-corrected chi connectivity index (χ2v) is 7.47. The molecule has 26 heavy (non-hydrogen) atoms. The highest BCUT2D eigenvalue weighted by Gasteiger charge is 2.33. The van der Waals surface area contributed by atoms with E-state index in [0.717, 1.165) is 17.6 Å². The van der Waals surface area contributed by atoms with Gasteiger partial charge < -0.3 is 10.6 Å². The van der Waals surface area contributed by atoms with Gasteiger partial charge in [0.25, 0.3) is 0 Å². The lowest BCUT2D eigenvalue weighted by molar-refractivity contribution is -0.137. The van der Waals surface area contributed by atoms with Crippen molar-refractivity contribution in [3.05, 3.63) is 64.2 Å². The van der Waals surface area contributed by atoms with Crippen LogP contribution in [0.1, 0.15) is 16.7 Å². The quantitative estimate of drug-likeness (QED) is 0.451. The predicted octanol–water partition coefficient (Wildman–Crippen LogP) is 5.89. The highest BCUT2D eigenvalue weighted by Crippen LogP contribution is 2.36. The topological polar surface area (TPSA) is 24.1 Å². The molecular weight excluding hydrogens is 401 g/mol. The zero-order valence-corrected chi connectivity index (χ0v) is 16.4. The van der Waals surface area contributed by atoms with Gasteiger partial charge in [0.15, 0.2) is 5.11 Å². The number of anilines is 1. The molecule has 0 saturated heterocycles. The molecule has 0 bridgehead atoms. The number of benzene rings is 2. The molecule has 0 aliphatic rings. The minimum atomic E-state index is -4.50. The molecule has 0 aliphatic carbocycles. The molecule has 8 heteroatoms. The van der Waals surface area contributed by atoms with Crippen molar-refractivity contribution in [2.75, 3.05) is 17.6 Å². The minimum Gasteiger partial charge on any atom is -0.362 e. The van der Waals surface area contributed by atoms with E-state index in [2.05, 4.69) is 29.7 Å². The van der Waals surface area contributed by atoms with Crippen molar-refractivity contribution in [2.45, 2.75) is 18.9 Å². The molecule has 140 valence electrons. The van der Waals surface area contributed by atoms with Crippen LogP contribution in [0.3, 0.4) is 0 Å². The largest absolute Gasteiger partial charge is 0.417 e. The van der Waals surface area contributed by atoms with Gasteiger partial charge in [0.2, 0.25) is 0 Å². The standard InChI is InChI=1S/C18H18ClF3N2S2/c1-12-4-2-3-5-13(12)11-26-9-8-23-17(25)24-14-6-7-16(19)15(10-14)18(20,21)22/h2-7,10H,8-9,11H2,1H3,(H2,23,24,25). The molecule has 2 nitrogen and oxygen atoms in total. The minimum absolute atomic E-state index is 0.242. The average molecular weight is 419 g/mol. The van der Waals surface area contributed by atoms with Gasteiger partial charge in [-0.05, 0) is 48.5 Å². The maximum Gasteiger partial charge on any atom is 0.417 e. The Morgan fingerprint density at radius 1 is 1.19 bits per heavy atom. The zero-order valence-electron chi connectivity index (χ0n) is 14.0. The first kappa shape index (κ1) is 20.9. The third-order valence-electron chi connectivity index (χ3n) is 3.58. The van der Waals surface area contributed by atoms with Gasteiger partial charge in [-0.15, -0.1) is 0 Å². The van der Waals surface area contributed by atoms with Gasteiger partial charge in [-0.25, -0.2) is 0 Å². The fourth-order valence-electron chi connectivity index (χ4n) is 2.19. The number of rotatable bonds is 6. The third kappa shape index (κ3) is 6.37. The summed E-state index contributed by atoms with van der Waals surface area (Å²) in [6.45, 7) is 2.69. The van der Waals surface area contributed by atoms with Gasteiger partial charge in [-0.3, -0.25) is 0 Å². The summed E-state index contributed by atoms with van der Waals surface area (Å²) in [5.74, 6) is 1.73. The number of halogens is 4. The van der Waals surface area contributed by atoms with Crippen LogP contribution < -0.4 is 10.6 Å². The first-order valence-electron chi connectivity index (χ1n) is 7.81. The fourth-order valence-corrected chi connectivity index (χ4v) is 3.57. The second-order valence-electron chi connectivity index (χ2n) is 5.55. The molecular formula is C18H18ClF3N2S2. The Kier molecular flexibility index (Phi) is 7.61. The molecule has 0 aliphatic heterocycles. The first-order chi connectivity index (χ1) is 12.3. The molecule has 0 heterocycles. The monoisotopic (exact) mass is 418 g/mol. The van der Waals surface area contributed by atoms with Crippen LogP contribution in [0.2, 0.25) is 5.02 Å². The molecule has 0 radical (unpaired) electrons. The van der Waals surface area contributed by atoms with E-state index in [1.165, 1.54) is 23.3 Å². The smallest absolute Gasteiger partial charge is 0.362 e. The van der Waals surface area contributed by atoms with Gasteiger partial charge in [-0.2, -0.15) is 24.9 Å². The molecule has 0 atom stereocenters. The van der Waals surface area contributed by atoms with Gasteiger partial charge >= 0.3 is 6.18 Å². The van der Waals surface area contributed by atoms with Crippen molar-refractivity contribution in [1.82, 2.24) is 5.32 Å². The van der Waals surface area contributed by atoms with E-state index in [0.29, 0.717) is 6.54 Å². The van der Waals surface area contributed by atoms with Crippen molar-refractivity contribution in [3.63, 3.8) is 0 Å². The van der Waals surface area contributed by atoms with Crippen LogP contribution in [-0.2, 0) is 11.9 Å². The van der Waals surface area contributed by atoms with Crippen molar-refractivity contribution < 1.29 is 13.2 Å². The van der Waals surface area contributed by atoms with Gasteiger partial charge in [0.1, 0.15) is 0 Å². The summed E-state index contributed by atoms with van der Waals surface area (Å²) >= 11 is 12.5. The number of hydrogen-bond acceptors (Lipinski definition) is 2. The number of thiocarbonyl (C=S) groups is 1. The van der Waals surface area contributed by atoms with Crippen molar-refractivity contribution in [2.24, 2.45) is 0 Å². The molecule has 0 fully saturated rings. The third-order valence-corrected chi connectivity index (χ3v) is 5.16. The van der Waals surface area contributed by atoms with E-state index in [1.54, 1.807) is 11.8 Å². The Hall–Kier alpha value is -1.44. The summed E-state index contributed by atoms with van der Waals surface area (Å²) < 4.78 is 38.6. The number of thioether (sulfide) groups is 1. The maximum atomic E-state index is 12.9. The molecule has 0 saturated carbocycles. The van der Waals surface area contributed by atoms with Crippen LogP contribution in [-0.4, -0.2) is 17.4 Å². The fraction of sp³-hybridized carbons (Fsp3) is 0.278. The molecule has 2 aromatic rings. The van der Waals surface area contributed by atoms with Crippen LogP contribution in [0.15, 0.2) is 42.5 Å². The maximum absolute atomic E-state index is 12.9. The Morgan fingerprint density at radius 3 is 2.62 bits per heavy atom. The Bertz CT molecular complexity index is 766. The molecule has 0 spiro atoms. The number of hydrogen-bond donors (Lipinski definition) is 2. The summed E-state index contributed by atoms with van der Waals surface area (Å²) in [6, 6.07) is 11.8. The van der Waals surface area contributed by atoms with Gasteiger partial charge in [0.05, 0.1) is 10.6 Å². The summed E-state index contributed by atoms with van der Waals surface area (Å²) in [5.41, 5.74) is 1.90. The normalized spacial score (nSPS) is 11.3. The number of aryl methyl sites for hydroxylation is 1. The van der Waals surface area contributed by atoms with Crippen molar-refractivity contribution in [3.8, 4) is 0 Å². The number of alkyl halides is 3. The summed E-state index contributed by atoms with van der Waals surface area (Å²) in [7, 11) is 0. The summed E-state index contributed by atoms with van der Waals surface area (Å²) in [4.78, 5) is 0. The van der Waals surface area contributed by atoms with Crippen LogP contribution in [0.4, 0.5) is 18.9 Å². The van der Waals surface area contributed by atoms with E-state index in [-0.39, 0.29) is 15.8 Å². The second kappa shape index (κ2) is 9.48. The summed E-state index contributed by atoms with van der Waals surface area (Å²) in [5, 5.41) is 5.68. The lowest BCUT2D eigenvalue weighted by atomic mass is 10.1. The highest BCUT2D eigenvalue weighted by molar-refractivity contribution is 7.98. The molecule has 2 N–H and O–H groups in total. The zero-order chi connectivity index (χ0) is 19.2. The van der Waals surface area contributed by atoms with Crippen molar-refractivity contribution >= 4 is 46.4 Å². The molecule has 0 unspecified atom stereocenters. The predicted molar refractivity (Wildman–Crippen MR) is 108 cm³/mol. The van der Waals surface area contributed by atoms with Crippen LogP contribution in [0.5, 0.6) is 0 Å². The SMILES string of the molecule is Cc1ccccc1CSCCNC(=S)Nc1ccc(Cl)c(C(F)(F)F)c1. The van der Waals surface area contributed by atoms with E-state index in [9.17, 15) is 13.2 Å². The van der Waals surface area contributed by atoms with Crippen LogP contribution in [0.25, 0.3) is 0 Å². The molecule has 2 rings (SSSR count). The van der Waals surface area contributed by atoms with E-state index < -0.39 is 11.7 Å². The Morgan fingerprint density at radius 2 is 1.92 bits per heavy atom. The van der Waals surface area contributed by atoms with Gasteiger partial charge in [-0.1, -0.05) is 35.9 Å². The highest BCUT2D eigenvalue weighted by atomic mass is 35.5. The number of nitrogens with one attached hydrogen (secondary N) is 2. The van der Waals surface area contributed by atoms with Crippen LogP contribution >= 0.6 is 35.6 Å². The van der Waals surface area contributed by atoms with E-state index >= 15 is 0 Å². The summed E-state index contributed by atoms with van der Waals surface area (Å²) in [6.07, 6.45) is -4.50. The van der Waals surface area contributed by atoms with Gasteiger partial charge in [0, 0.05) is 23.7 Å².